The Bertz CT molecular complexity index is 1060. The van der Waals surface area contributed by atoms with Gasteiger partial charge in [-0.2, -0.15) is 5.10 Å². The van der Waals surface area contributed by atoms with Crippen molar-refractivity contribution in [3.05, 3.63) is 58.0 Å². The SMILES string of the molecule is O=C(NC1CCC(n2nc3c(cc2=O)CCCC3)CC1)C1CC(=O)N(c2ccccc2)C1. The molecule has 0 spiro atoms. The van der Waals surface area contributed by atoms with Gasteiger partial charge in [0, 0.05) is 30.8 Å². The van der Waals surface area contributed by atoms with Crippen LogP contribution in [0.1, 0.15) is 62.2 Å². The smallest absolute Gasteiger partial charge is 0.267 e. The minimum atomic E-state index is -0.314. The molecular formula is C25H30N4O3. The molecule has 0 bridgehead atoms. The topological polar surface area (TPSA) is 84.3 Å². The molecule has 2 amide bonds. The Labute approximate surface area is 187 Å². The average molecular weight is 435 g/mol. The first-order chi connectivity index (χ1) is 15.6. The van der Waals surface area contributed by atoms with Gasteiger partial charge in [-0.1, -0.05) is 18.2 Å². The third-order valence-electron chi connectivity index (χ3n) is 7.18. The molecule has 2 aromatic rings. The van der Waals surface area contributed by atoms with Gasteiger partial charge in [-0.15, -0.1) is 0 Å². The molecule has 1 N–H and O–H groups in total. The van der Waals surface area contributed by atoms with E-state index in [1.54, 1.807) is 15.6 Å². The van der Waals surface area contributed by atoms with Gasteiger partial charge in [0.05, 0.1) is 17.7 Å². The van der Waals surface area contributed by atoms with Gasteiger partial charge >= 0.3 is 0 Å². The van der Waals surface area contributed by atoms with Gasteiger partial charge in [-0.25, -0.2) is 4.68 Å². The van der Waals surface area contributed by atoms with E-state index in [4.69, 9.17) is 5.10 Å². The maximum absolute atomic E-state index is 12.8. The summed E-state index contributed by atoms with van der Waals surface area (Å²) in [5.41, 5.74) is 3.05. The van der Waals surface area contributed by atoms with E-state index >= 15 is 0 Å². The molecule has 1 unspecified atom stereocenters. The molecule has 168 valence electrons. The molecule has 1 aromatic heterocycles. The second-order valence-electron chi connectivity index (χ2n) is 9.36. The summed E-state index contributed by atoms with van der Waals surface area (Å²) in [4.78, 5) is 39.6. The monoisotopic (exact) mass is 434 g/mol. The molecule has 1 saturated heterocycles. The maximum Gasteiger partial charge on any atom is 0.267 e. The van der Waals surface area contributed by atoms with Gasteiger partial charge in [0.1, 0.15) is 0 Å². The highest BCUT2D eigenvalue weighted by atomic mass is 16.2. The van der Waals surface area contributed by atoms with Gasteiger partial charge in [0.15, 0.2) is 0 Å². The number of anilines is 1. The van der Waals surface area contributed by atoms with Crippen molar-refractivity contribution in [3.8, 4) is 0 Å². The Kier molecular flexibility index (Phi) is 5.81. The van der Waals surface area contributed by atoms with Crippen molar-refractivity contribution < 1.29 is 9.59 Å². The number of nitrogens with zero attached hydrogens (tertiary/aromatic N) is 3. The summed E-state index contributed by atoms with van der Waals surface area (Å²) in [5, 5.41) is 7.87. The van der Waals surface area contributed by atoms with Crippen molar-refractivity contribution in [2.24, 2.45) is 5.92 Å². The molecular weight excluding hydrogens is 404 g/mol. The number of fused-ring (bicyclic) bond motifs is 1. The summed E-state index contributed by atoms with van der Waals surface area (Å²) in [6, 6.07) is 11.5. The highest BCUT2D eigenvalue weighted by Crippen LogP contribution is 2.29. The van der Waals surface area contributed by atoms with Crippen LogP contribution in [0, 0.1) is 5.92 Å². The number of rotatable bonds is 4. The minimum absolute atomic E-state index is 0.00193. The first kappa shape index (κ1) is 20.9. The lowest BCUT2D eigenvalue weighted by Gasteiger charge is -2.30. The zero-order valence-corrected chi connectivity index (χ0v) is 18.3. The highest BCUT2D eigenvalue weighted by Gasteiger charge is 2.36. The van der Waals surface area contributed by atoms with E-state index in [1.165, 1.54) is 0 Å². The van der Waals surface area contributed by atoms with Crippen LogP contribution in [0.15, 0.2) is 41.2 Å². The van der Waals surface area contributed by atoms with Crippen molar-refractivity contribution in [1.29, 1.82) is 0 Å². The van der Waals surface area contributed by atoms with E-state index in [1.807, 2.05) is 30.3 Å². The fraction of sp³-hybridized carbons (Fsp3) is 0.520. The maximum atomic E-state index is 12.8. The minimum Gasteiger partial charge on any atom is -0.353 e. The standard InChI is InChI=1S/C25H30N4O3/c30-23-15-18(16-28(23)20-7-2-1-3-8-20)25(32)26-19-10-12-21(13-11-19)29-24(31)14-17-6-4-5-9-22(17)27-29/h1-3,7-8,14,18-19,21H,4-6,9-13,15-16H2,(H,26,32). The number of benzene rings is 1. The fourth-order valence-electron chi connectivity index (χ4n) is 5.36. The molecule has 1 aromatic carbocycles. The molecule has 7 heteroatoms. The van der Waals surface area contributed by atoms with E-state index in [-0.39, 0.29) is 41.8 Å². The third kappa shape index (κ3) is 4.20. The van der Waals surface area contributed by atoms with Crippen molar-refractivity contribution in [3.63, 3.8) is 0 Å². The number of aromatic nitrogens is 2. The second kappa shape index (κ2) is 8.88. The zero-order valence-electron chi connectivity index (χ0n) is 18.3. The van der Waals surface area contributed by atoms with Crippen LogP contribution in [-0.2, 0) is 22.4 Å². The first-order valence-electron chi connectivity index (χ1n) is 11.9. The summed E-state index contributed by atoms with van der Waals surface area (Å²) < 4.78 is 1.69. The molecule has 32 heavy (non-hydrogen) atoms. The molecule has 1 aliphatic heterocycles. The van der Waals surface area contributed by atoms with E-state index < -0.39 is 0 Å². The zero-order chi connectivity index (χ0) is 22.1. The summed E-state index contributed by atoms with van der Waals surface area (Å²) in [5.74, 6) is -0.354. The Balaban J connectivity index is 1.17. The van der Waals surface area contributed by atoms with Gasteiger partial charge in [-0.05, 0) is 69.1 Å². The highest BCUT2D eigenvalue weighted by molar-refractivity contribution is 6.00. The van der Waals surface area contributed by atoms with Crippen LogP contribution in [-0.4, -0.2) is 34.2 Å². The predicted octanol–water partition coefficient (Wildman–Crippen LogP) is 2.78. The summed E-state index contributed by atoms with van der Waals surface area (Å²) >= 11 is 0. The van der Waals surface area contributed by atoms with Gasteiger partial charge in [0.25, 0.3) is 5.56 Å². The van der Waals surface area contributed by atoms with Crippen molar-refractivity contribution in [2.75, 3.05) is 11.4 Å². The van der Waals surface area contributed by atoms with Crippen molar-refractivity contribution in [2.45, 2.75) is 69.9 Å². The Morgan fingerprint density at radius 1 is 1.00 bits per heavy atom. The molecule has 1 atom stereocenters. The lowest BCUT2D eigenvalue weighted by atomic mass is 9.90. The summed E-state index contributed by atoms with van der Waals surface area (Å²) in [7, 11) is 0. The number of hydrogen-bond acceptors (Lipinski definition) is 4. The number of para-hydroxylation sites is 1. The van der Waals surface area contributed by atoms with Gasteiger partial charge in [-0.3, -0.25) is 14.4 Å². The molecule has 2 aliphatic carbocycles. The average Bonchev–Trinajstić information content (AvgIpc) is 3.21. The van der Waals surface area contributed by atoms with Crippen LogP contribution in [0.25, 0.3) is 0 Å². The number of hydrogen-bond donors (Lipinski definition) is 1. The molecule has 5 rings (SSSR count). The number of amides is 2. The number of carbonyl (C=O) groups excluding carboxylic acids is 2. The number of nitrogens with one attached hydrogen (secondary N) is 1. The van der Waals surface area contributed by atoms with E-state index in [2.05, 4.69) is 5.32 Å². The Morgan fingerprint density at radius 2 is 1.75 bits per heavy atom. The molecule has 0 radical (unpaired) electrons. The Hall–Kier alpha value is -2.96. The van der Waals surface area contributed by atoms with Crippen LogP contribution in [0.5, 0.6) is 0 Å². The molecule has 1 saturated carbocycles. The van der Waals surface area contributed by atoms with Crippen LogP contribution < -0.4 is 15.8 Å². The largest absolute Gasteiger partial charge is 0.353 e. The first-order valence-corrected chi connectivity index (χ1v) is 11.9. The van der Waals surface area contributed by atoms with E-state index in [0.29, 0.717) is 6.54 Å². The molecule has 2 fully saturated rings. The van der Waals surface area contributed by atoms with Crippen LogP contribution in [0.3, 0.4) is 0 Å². The second-order valence-corrected chi connectivity index (χ2v) is 9.36. The van der Waals surface area contributed by atoms with E-state index in [0.717, 1.165) is 68.3 Å². The number of aryl methyl sites for hydroxylation is 2. The molecule has 7 nitrogen and oxygen atoms in total. The number of carbonyl (C=O) groups is 2. The lowest BCUT2D eigenvalue weighted by Crippen LogP contribution is -2.43. The van der Waals surface area contributed by atoms with Gasteiger partial charge in [0.2, 0.25) is 11.8 Å². The van der Waals surface area contributed by atoms with Crippen LogP contribution in [0.2, 0.25) is 0 Å². The van der Waals surface area contributed by atoms with Crippen LogP contribution >= 0.6 is 0 Å². The van der Waals surface area contributed by atoms with Crippen molar-refractivity contribution in [1.82, 2.24) is 15.1 Å². The lowest BCUT2D eigenvalue weighted by molar-refractivity contribution is -0.127. The quantitative estimate of drug-likeness (QED) is 0.802. The fourth-order valence-corrected chi connectivity index (χ4v) is 5.36. The van der Waals surface area contributed by atoms with Crippen molar-refractivity contribution >= 4 is 17.5 Å². The molecule has 2 heterocycles. The van der Waals surface area contributed by atoms with E-state index in [9.17, 15) is 14.4 Å². The van der Waals surface area contributed by atoms with Crippen LogP contribution in [0.4, 0.5) is 5.69 Å². The predicted molar refractivity (Wildman–Crippen MR) is 121 cm³/mol. The summed E-state index contributed by atoms with van der Waals surface area (Å²) in [6.07, 6.45) is 7.76. The Morgan fingerprint density at radius 3 is 2.53 bits per heavy atom. The summed E-state index contributed by atoms with van der Waals surface area (Å²) in [6.45, 7) is 0.429. The van der Waals surface area contributed by atoms with Gasteiger partial charge < -0.3 is 10.2 Å². The third-order valence-corrected chi connectivity index (χ3v) is 7.18. The normalized spacial score (nSPS) is 25.4. The molecule has 3 aliphatic rings.